The van der Waals surface area contributed by atoms with Crippen LogP contribution in [0, 0.1) is 5.92 Å². The molecule has 1 aromatic rings. The van der Waals surface area contributed by atoms with E-state index in [0.29, 0.717) is 0 Å². The van der Waals surface area contributed by atoms with Crippen molar-refractivity contribution in [3.63, 3.8) is 0 Å². The summed E-state index contributed by atoms with van der Waals surface area (Å²) >= 11 is 0. The molecule has 0 radical (unpaired) electrons. The molecule has 0 bridgehead atoms. The van der Waals surface area contributed by atoms with Crippen molar-refractivity contribution in [2.45, 2.75) is 71.8 Å². The van der Waals surface area contributed by atoms with Crippen LogP contribution in [0.4, 0.5) is 4.79 Å². The van der Waals surface area contributed by atoms with E-state index in [1.54, 1.807) is 14.2 Å². The normalized spacial score (nSPS) is 14.7. The number of nitrogens with zero attached hydrogens (tertiary/aromatic N) is 1. The van der Waals surface area contributed by atoms with Crippen LogP contribution in [0.3, 0.4) is 0 Å². The third-order valence-electron chi connectivity index (χ3n) is 4.64. The Morgan fingerprint density at radius 2 is 1.75 bits per heavy atom. The van der Waals surface area contributed by atoms with Gasteiger partial charge in [0.25, 0.3) is 0 Å². The summed E-state index contributed by atoms with van der Waals surface area (Å²) in [4.78, 5) is 26.5. The van der Waals surface area contributed by atoms with Gasteiger partial charge in [0.1, 0.15) is 12.2 Å². The summed E-state index contributed by atoms with van der Waals surface area (Å²) in [6.45, 7) is 9.75. The van der Waals surface area contributed by atoms with E-state index in [1.165, 1.54) is 4.90 Å². The minimum Gasteiger partial charge on any atom is -0.460 e. The van der Waals surface area contributed by atoms with Gasteiger partial charge in [0.05, 0.1) is 18.6 Å². The predicted octanol–water partition coefficient (Wildman–Crippen LogP) is 4.42. The average Bonchev–Trinajstić information content (AvgIpc) is 2.64. The minimum atomic E-state index is -0.568. The first-order valence-corrected chi connectivity index (χ1v) is 9.77. The van der Waals surface area contributed by atoms with E-state index in [-0.39, 0.29) is 31.0 Å². The Morgan fingerprint density at radius 1 is 1.14 bits per heavy atom. The van der Waals surface area contributed by atoms with Crippen LogP contribution in [0.2, 0.25) is 0 Å². The van der Waals surface area contributed by atoms with Gasteiger partial charge in [0, 0.05) is 14.2 Å². The van der Waals surface area contributed by atoms with E-state index in [2.05, 4.69) is 0 Å². The molecule has 0 aromatic heterocycles. The Labute approximate surface area is 169 Å². The van der Waals surface area contributed by atoms with Crippen molar-refractivity contribution in [3.05, 3.63) is 35.9 Å². The van der Waals surface area contributed by atoms with Crippen molar-refractivity contribution < 1.29 is 23.8 Å². The van der Waals surface area contributed by atoms with E-state index in [0.717, 1.165) is 12.0 Å². The van der Waals surface area contributed by atoms with Crippen LogP contribution >= 0.6 is 0 Å². The highest BCUT2D eigenvalue weighted by Gasteiger charge is 2.35. The molecular weight excluding hydrogens is 358 g/mol. The second-order valence-electron chi connectivity index (χ2n) is 8.09. The van der Waals surface area contributed by atoms with Gasteiger partial charge in [-0.3, -0.25) is 4.79 Å². The molecule has 0 aliphatic carbocycles. The Bertz CT molecular complexity index is 611. The molecule has 1 rings (SSSR count). The van der Waals surface area contributed by atoms with Crippen molar-refractivity contribution in [1.82, 2.24) is 4.90 Å². The summed E-state index contributed by atoms with van der Waals surface area (Å²) in [5, 5.41) is 0. The molecule has 0 aliphatic rings. The molecule has 1 amide bonds. The molecule has 3 atom stereocenters. The van der Waals surface area contributed by atoms with Crippen LogP contribution in [0.1, 0.15) is 53.0 Å². The Balaban J connectivity index is 2.85. The predicted molar refractivity (Wildman–Crippen MR) is 109 cm³/mol. The van der Waals surface area contributed by atoms with Crippen LogP contribution in [0.5, 0.6) is 0 Å². The number of hydrogen-bond donors (Lipinski definition) is 0. The third-order valence-corrected chi connectivity index (χ3v) is 4.64. The molecule has 28 heavy (non-hydrogen) atoms. The zero-order valence-electron chi connectivity index (χ0n) is 18.2. The molecule has 0 aliphatic heterocycles. The standard InChI is InChI=1S/C22H35NO5/c1-8-16(2)20(18(26-7)14-19(24)28-22(3,4)5)23(6)21(25)27-15-17-12-10-9-11-13-17/h9-13,16,18,20H,8,14-15H2,1-7H3/t16-,18+,20?/m0/s1. The second kappa shape index (κ2) is 11.1. The van der Waals surface area contributed by atoms with Gasteiger partial charge in [0.2, 0.25) is 0 Å². The molecule has 0 N–H and O–H groups in total. The number of carbonyl (C=O) groups excluding carboxylic acids is 2. The van der Waals surface area contributed by atoms with Gasteiger partial charge < -0.3 is 19.1 Å². The van der Waals surface area contributed by atoms with Crippen LogP contribution in [0.15, 0.2) is 30.3 Å². The topological polar surface area (TPSA) is 65.1 Å². The summed E-state index contributed by atoms with van der Waals surface area (Å²) in [5.74, 6) is -0.236. The summed E-state index contributed by atoms with van der Waals surface area (Å²) in [5.41, 5.74) is 0.350. The van der Waals surface area contributed by atoms with Crippen molar-refractivity contribution in [2.75, 3.05) is 14.2 Å². The van der Waals surface area contributed by atoms with Crippen molar-refractivity contribution in [3.8, 4) is 0 Å². The van der Waals surface area contributed by atoms with Gasteiger partial charge in [0.15, 0.2) is 0 Å². The van der Waals surface area contributed by atoms with Gasteiger partial charge in [-0.05, 0) is 32.3 Å². The fourth-order valence-electron chi connectivity index (χ4n) is 3.07. The second-order valence-corrected chi connectivity index (χ2v) is 8.09. The maximum Gasteiger partial charge on any atom is 0.410 e. The molecule has 6 heteroatoms. The number of rotatable bonds is 9. The van der Waals surface area contributed by atoms with Gasteiger partial charge >= 0.3 is 12.1 Å². The smallest absolute Gasteiger partial charge is 0.410 e. The van der Waals surface area contributed by atoms with Crippen LogP contribution in [-0.4, -0.2) is 48.9 Å². The van der Waals surface area contributed by atoms with Crippen molar-refractivity contribution in [2.24, 2.45) is 5.92 Å². The molecule has 0 saturated heterocycles. The molecule has 0 heterocycles. The number of amides is 1. The number of esters is 1. The van der Waals surface area contributed by atoms with Crippen LogP contribution in [0.25, 0.3) is 0 Å². The van der Waals surface area contributed by atoms with E-state index < -0.39 is 17.8 Å². The third kappa shape index (κ3) is 7.89. The molecule has 6 nitrogen and oxygen atoms in total. The van der Waals surface area contributed by atoms with Gasteiger partial charge in [-0.2, -0.15) is 0 Å². The zero-order chi connectivity index (χ0) is 21.3. The lowest BCUT2D eigenvalue weighted by Gasteiger charge is -2.37. The first-order valence-electron chi connectivity index (χ1n) is 9.77. The zero-order valence-corrected chi connectivity index (χ0v) is 18.2. The summed E-state index contributed by atoms with van der Waals surface area (Å²) in [6.07, 6.45) is -0.0340. The highest BCUT2D eigenvalue weighted by atomic mass is 16.6. The first kappa shape index (κ1) is 24.0. The van der Waals surface area contributed by atoms with Gasteiger partial charge in [-0.15, -0.1) is 0 Å². The van der Waals surface area contributed by atoms with Gasteiger partial charge in [-0.25, -0.2) is 4.79 Å². The Hall–Kier alpha value is -2.08. The molecule has 0 spiro atoms. The molecule has 0 fully saturated rings. The van der Waals surface area contributed by atoms with E-state index in [1.807, 2.05) is 65.0 Å². The quantitative estimate of drug-likeness (QED) is 0.581. The lowest BCUT2D eigenvalue weighted by molar-refractivity contribution is -0.159. The van der Waals surface area contributed by atoms with Crippen molar-refractivity contribution in [1.29, 1.82) is 0 Å². The lowest BCUT2D eigenvalue weighted by atomic mass is 9.91. The molecular formula is C22H35NO5. The number of carbonyl (C=O) groups is 2. The Kier molecular flexibility index (Phi) is 9.46. The van der Waals surface area contributed by atoms with E-state index >= 15 is 0 Å². The fraction of sp³-hybridized carbons (Fsp3) is 0.636. The largest absolute Gasteiger partial charge is 0.460 e. The number of benzene rings is 1. The molecule has 158 valence electrons. The van der Waals surface area contributed by atoms with Crippen molar-refractivity contribution >= 4 is 12.1 Å². The number of methoxy groups -OCH3 is 1. The number of likely N-dealkylation sites (N-methyl/N-ethyl adjacent to an activating group) is 1. The molecule has 1 unspecified atom stereocenters. The SMILES string of the molecule is CC[C@H](C)C([C@@H](CC(=O)OC(C)(C)C)OC)N(C)C(=O)OCc1ccccc1. The summed E-state index contributed by atoms with van der Waals surface area (Å²) < 4.78 is 16.5. The van der Waals surface area contributed by atoms with Crippen LogP contribution < -0.4 is 0 Å². The van der Waals surface area contributed by atoms with Crippen LogP contribution in [-0.2, 0) is 25.6 Å². The fourth-order valence-corrected chi connectivity index (χ4v) is 3.07. The minimum absolute atomic E-state index is 0.0685. The Morgan fingerprint density at radius 3 is 2.25 bits per heavy atom. The van der Waals surface area contributed by atoms with E-state index in [4.69, 9.17) is 14.2 Å². The highest BCUT2D eigenvalue weighted by Crippen LogP contribution is 2.23. The maximum absolute atomic E-state index is 12.6. The molecule has 0 saturated carbocycles. The maximum atomic E-state index is 12.6. The lowest BCUT2D eigenvalue weighted by Crippen LogP contribution is -2.50. The first-order chi connectivity index (χ1) is 13.1. The van der Waals surface area contributed by atoms with E-state index in [9.17, 15) is 9.59 Å². The average molecular weight is 394 g/mol. The summed E-state index contributed by atoms with van der Waals surface area (Å²) in [6, 6.07) is 9.20. The summed E-state index contributed by atoms with van der Waals surface area (Å²) in [7, 11) is 3.23. The highest BCUT2D eigenvalue weighted by molar-refractivity contribution is 5.71. The van der Waals surface area contributed by atoms with Gasteiger partial charge in [-0.1, -0.05) is 50.6 Å². The number of ether oxygens (including phenoxy) is 3. The number of hydrogen-bond acceptors (Lipinski definition) is 5. The molecule has 1 aromatic carbocycles. The monoisotopic (exact) mass is 393 g/mol.